The Hall–Kier alpha value is -2.93. The van der Waals surface area contributed by atoms with E-state index in [-0.39, 0.29) is 17.6 Å². The first-order chi connectivity index (χ1) is 18.8. The lowest BCUT2D eigenvalue weighted by atomic mass is 9.89. The van der Waals surface area contributed by atoms with E-state index in [2.05, 4.69) is 15.1 Å². The van der Waals surface area contributed by atoms with Crippen LogP contribution >= 0.6 is 12.2 Å². The van der Waals surface area contributed by atoms with Gasteiger partial charge in [-0.1, -0.05) is 24.4 Å². The second-order valence-electron chi connectivity index (χ2n) is 10.3. The summed E-state index contributed by atoms with van der Waals surface area (Å²) in [6, 6.07) is 8.32. The first-order valence-corrected chi connectivity index (χ1v) is 13.5. The molecule has 0 aromatic heterocycles. The summed E-state index contributed by atoms with van der Waals surface area (Å²) >= 11 is 5.65. The Bertz CT molecular complexity index is 1190. The molecule has 2 aliphatic heterocycles. The van der Waals surface area contributed by atoms with Crippen LogP contribution in [0.2, 0.25) is 0 Å². The van der Waals surface area contributed by atoms with E-state index in [0.29, 0.717) is 32.4 Å². The van der Waals surface area contributed by atoms with Crippen LogP contribution in [0.4, 0.5) is 37.7 Å². The van der Waals surface area contributed by atoms with Crippen LogP contribution in [-0.2, 0) is 12.4 Å². The topological polar surface area (TPSA) is 61.7 Å². The minimum atomic E-state index is -4.83. The molecule has 1 N–H and O–H groups in total. The van der Waals surface area contributed by atoms with E-state index in [1.165, 1.54) is 6.07 Å². The van der Waals surface area contributed by atoms with Crippen molar-refractivity contribution in [2.75, 3.05) is 38.0 Å². The smallest absolute Gasteiger partial charge is 0.382 e. The molecule has 0 unspecified atom stereocenters. The molecular formula is C27H30F6N4O2S. The quantitative estimate of drug-likeness (QED) is 0.161. The van der Waals surface area contributed by atoms with E-state index in [1.807, 2.05) is 0 Å². The second kappa shape index (κ2) is 12.3. The number of nitro groups is 1. The van der Waals surface area contributed by atoms with Crippen molar-refractivity contribution >= 4 is 28.6 Å². The van der Waals surface area contributed by atoms with Crippen molar-refractivity contribution in [2.45, 2.75) is 56.4 Å². The number of nitrogens with one attached hydrogen (secondary N) is 1. The van der Waals surface area contributed by atoms with Gasteiger partial charge >= 0.3 is 12.4 Å². The van der Waals surface area contributed by atoms with Gasteiger partial charge in [-0.15, -0.1) is 0 Å². The van der Waals surface area contributed by atoms with Crippen LogP contribution in [0.15, 0.2) is 42.5 Å². The predicted octanol–water partition coefficient (Wildman–Crippen LogP) is 7.11. The van der Waals surface area contributed by atoms with E-state index >= 15 is 0 Å². The largest absolute Gasteiger partial charge is 0.423 e. The van der Waals surface area contributed by atoms with Crippen molar-refractivity contribution in [3.8, 4) is 0 Å². The normalized spacial score (nSPS) is 18.1. The third-order valence-electron chi connectivity index (χ3n) is 7.66. The summed E-state index contributed by atoms with van der Waals surface area (Å²) in [7, 11) is 0. The molecule has 2 saturated heterocycles. The molecule has 6 nitrogen and oxygen atoms in total. The van der Waals surface area contributed by atoms with Crippen LogP contribution in [0.5, 0.6) is 0 Å². The van der Waals surface area contributed by atoms with Crippen molar-refractivity contribution in [1.29, 1.82) is 0 Å². The van der Waals surface area contributed by atoms with Crippen molar-refractivity contribution in [1.82, 2.24) is 9.80 Å². The van der Waals surface area contributed by atoms with Gasteiger partial charge in [-0.2, -0.15) is 26.3 Å². The van der Waals surface area contributed by atoms with E-state index in [1.54, 1.807) is 12.1 Å². The number of thiocarbonyl (C=S) groups is 1. The Morgan fingerprint density at radius 3 is 2.10 bits per heavy atom. The van der Waals surface area contributed by atoms with Gasteiger partial charge in [0.05, 0.1) is 15.5 Å². The summed E-state index contributed by atoms with van der Waals surface area (Å²) in [6.07, 6.45) is -5.39. The second-order valence-corrected chi connectivity index (χ2v) is 10.7. The maximum Gasteiger partial charge on any atom is 0.423 e. The number of rotatable bonds is 7. The van der Waals surface area contributed by atoms with E-state index < -0.39 is 34.1 Å². The molecule has 0 bridgehead atoms. The lowest BCUT2D eigenvalue weighted by Crippen LogP contribution is -2.43. The number of likely N-dealkylation sites (tertiary alicyclic amines) is 2. The molecule has 2 aliphatic rings. The number of nitro benzene ring substituents is 1. The Kier molecular flexibility index (Phi) is 9.23. The number of piperidine rings is 2. The number of alkyl halides is 6. The predicted molar refractivity (Wildman–Crippen MR) is 143 cm³/mol. The van der Waals surface area contributed by atoms with Crippen molar-refractivity contribution < 1.29 is 31.3 Å². The van der Waals surface area contributed by atoms with Gasteiger partial charge in [-0.05, 0) is 74.5 Å². The molecule has 0 atom stereocenters. The van der Waals surface area contributed by atoms with Crippen molar-refractivity contribution in [3.05, 3.63) is 69.3 Å². The van der Waals surface area contributed by atoms with Crippen molar-refractivity contribution in [2.24, 2.45) is 0 Å². The monoisotopic (exact) mass is 588 g/mol. The molecule has 0 saturated carbocycles. The average molecular weight is 589 g/mol. The zero-order valence-corrected chi connectivity index (χ0v) is 22.4. The van der Waals surface area contributed by atoms with Gasteiger partial charge in [0.1, 0.15) is 5.56 Å². The molecule has 4 rings (SSSR count). The Labute approximate surface area is 233 Å². The van der Waals surface area contributed by atoms with Gasteiger partial charge in [0, 0.05) is 43.9 Å². The summed E-state index contributed by atoms with van der Waals surface area (Å²) in [5.74, 6) is 0.236. The highest BCUT2D eigenvalue weighted by Crippen LogP contribution is 2.38. The van der Waals surface area contributed by atoms with Gasteiger partial charge in [0.25, 0.3) is 5.69 Å². The van der Waals surface area contributed by atoms with Crippen LogP contribution in [0.25, 0.3) is 0 Å². The third-order valence-corrected chi connectivity index (χ3v) is 8.12. The molecule has 13 heteroatoms. The average Bonchev–Trinajstić information content (AvgIpc) is 2.91. The fourth-order valence-electron chi connectivity index (χ4n) is 5.37. The Morgan fingerprint density at radius 2 is 1.55 bits per heavy atom. The summed E-state index contributed by atoms with van der Waals surface area (Å²) in [4.78, 5) is 15.2. The van der Waals surface area contributed by atoms with Gasteiger partial charge in [-0.25, -0.2) is 0 Å². The fraction of sp³-hybridized carbons (Fsp3) is 0.519. The number of hydrogen-bond donors (Lipinski definition) is 1. The lowest BCUT2D eigenvalue weighted by molar-refractivity contribution is -0.388. The van der Waals surface area contributed by atoms with Gasteiger partial charge in [-0.3, -0.25) is 10.1 Å². The molecule has 2 aromatic rings. The summed E-state index contributed by atoms with van der Waals surface area (Å²) in [5, 5.41) is 14.0. The molecule has 2 heterocycles. The highest BCUT2D eigenvalue weighted by atomic mass is 32.1. The standard InChI is InChI=1S/C27H30F6N4O2S/c28-26(29,30)20-3-1-18(2-4-20)19-7-12-35(13-8-19)14-11-25(40)36-15-9-21(10-16-36)34-22-5-6-24(37(38)39)23(17-22)27(31,32)33/h1-6,17,19,21,34H,7-16H2. The number of halogens is 6. The molecule has 2 fully saturated rings. The van der Waals surface area contributed by atoms with Crippen LogP contribution in [0.1, 0.15) is 54.7 Å². The molecule has 218 valence electrons. The number of benzene rings is 2. The van der Waals surface area contributed by atoms with E-state index in [4.69, 9.17) is 12.2 Å². The van der Waals surface area contributed by atoms with Crippen LogP contribution in [0, 0.1) is 10.1 Å². The summed E-state index contributed by atoms with van der Waals surface area (Å²) in [6.45, 7) is 3.79. The number of anilines is 1. The highest BCUT2D eigenvalue weighted by Gasteiger charge is 2.38. The molecule has 40 heavy (non-hydrogen) atoms. The maximum absolute atomic E-state index is 13.3. The third kappa shape index (κ3) is 7.62. The van der Waals surface area contributed by atoms with Gasteiger partial charge < -0.3 is 15.1 Å². The fourth-order valence-corrected chi connectivity index (χ4v) is 5.64. The molecule has 2 aromatic carbocycles. The van der Waals surface area contributed by atoms with Crippen LogP contribution < -0.4 is 5.32 Å². The summed E-state index contributed by atoms with van der Waals surface area (Å²) < 4.78 is 78.2. The van der Waals surface area contributed by atoms with Crippen LogP contribution in [-0.4, -0.2) is 58.5 Å². The summed E-state index contributed by atoms with van der Waals surface area (Å²) in [5.41, 5.74) is -1.75. The highest BCUT2D eigenvalue weighted by molar-refractivity contribution is 7.80. The van der Waals surface area contributed by atoms with Gasteiger partial charge in [0.15, 0.2) is 0 Å². The first-order valence-electron chi connectivity index (χ1n) is 13.1. The molecule has 0 amide bonds. The zero-order valence-electron chi connectivity index (χ0n) is 21.6. The number of nitrogens with zero attached hydrogens (tertiary/aromatic N) is 3. The Morgan fingerprint density at radius 1 is 0.925 bits per heavy atom. The maximum atomic E-state index is 13.3. The molecule has 0 aliphatic carbocycles. The van der Waals surface area contributed by atoms with Crippen LogP contribution in [0.3, 0.4) is 0 Å². The van der Waals surface area contributed by atoms with E-state index in [9.17, 15) is 36.5 Å². The van der Waals surface area contributed by atoms with E-state index in [0.717, 1.165) is 67.3 Å². The number of hydrogen-bond acceptors (Lipinski definition) is 5. The SMILES string of the molecule is O=[N+]([O-])c1ccc(NC2CCN(C(=S)CCN3CCC(c4ccc(C(F)(F)F)cc4)CC3)CC2)cc1C(F)(F)F. The van der Waals surface area contributed by atoms with Gasteiger partial charge in [0.2, 0.25) is 0 Å². The molecule has 0 radical (unpaired) electrons. The minimum absolute atomic E-state index is 0.0779. The Balaban J connectivity index is 1.19. The zero-order chi connectivity index (χ0) is 29.1. The molecule has 0 spiro atoms. The lowest BCUT2D eigenvalue weighted by Gasteiger charge is -2.36. The molecular weight excluding hydrogens is 558 g/mol. The van der Waals surface area contributed by atoms with Crippen molar-refractivity contribution in [3.63, 3.8) is 0 Å². The minimum Gasteiger partial charge on any atom is -0.382 e. The first kappa shape index (κ1) is 30.0.